The molecule has 0 aromatic carbocycles. The Kier molecular flexibility index (Phi) is 15.1. The van der Waals surface area contributed by atoms with Gasteiger partial charge >= 0.3 is 17.9 Å². The van der Waals surface area contributed by atoms with E-state index in [0.717, 1.165) is 44.9 Å². The lowest BCUT2D eigenvalue weighted by Gasteiger charge is -2.55. The highest BCUT2D eigenvalue weighted by atomic mass is 16.7. The van der Waals surface area contributed by atoms with Crippen molar-refractivity contribution in [1.82, 2.24) is 0 Å². The SMILES string of the molecule is CCCCCCCC(=O)O[C@H]1/C(=C/C(=O)OC)C[C@@]2(C)C[C@H](CO)OC(=O)C[C@H](O)C[C@@H]3CCC[C@H](CC4CO[C@H](/C=C/C(C)(C)[C@]1(O)C2)O4)O3. The maximum Gasteiger partial charge on any atom is 0.330 e. The van der Waals surface area contributed by atoms with E-state index in [1.807, 2.05) is 26.8 Å². The van der Waals surface area contributed by atoms with Crippen LogP contribution in [0.25, 0.3) is 0 Å². The number of hydrogen-bond donors (Lipinski definition) is 3. The third-order valence-electron chi connectivity index (χ3n) is 11.0. The molecule has 1 aliphatic carbocycles. The van der Waals surface area contributed by atoms with Gasteiger partial charge in [-0.1, -0.05) is 59.5 Å². The van der Waals surface area contributed by atoms with Gasteiger partial charge in [-0.3, -0.25) is 9.59 Å². The fraction of sp³-hybridized carbons (Fsp3) is 0.821. The van der Waals surface area contributed by atoms with Crippen molar-refractivity contribution < 1.29 is 58.1 Å². The summed E-state index contributed by atoms with van der Waals surface area (Å²) in [5, 5.41) is 34.1. The molecule has 4 aliphatic rings. The Morgan fingerprint density at radius 1 is 1.04 bits per heavy atom. The summed E-state index contributed by atoms with van der Waals surface area (Å²) in [6.45, 7) is 7.54. The van der Waals surface area contributed by atoms with Gasteiger partial charge in [0.25, 0.3) is 0 Å². The van der Waals surface area contributed by atoms with Crippen LogP contribution in [0.3, 0.4) is 0 Å². The Labute approximate surface area is 303 Å². The number of aliphatic hydroxyl groups excluding tert-OH is 2. The molecule has 2 saturated heterocycles. The van der Waals surface area contributed by atoms with E-state index in [9.17, 15) is 29.7 Å². The number of fused-ring (bicyclic) bond motifs is 6. The maximum absolute atomic E-state index is 13.4. The molecule has 0 spiro atoms. The van der Waals surface area contributed by atoms with Crippen molar-refractivity contribution in [1.29, 1.82) is 0 Å². The van der Waals surface area contributed by atoms with E-state index in [-0.39, 0.29) is 56.8 Å². The van der Waals surface area contributed by atoms with Crippen molar-refractivity contribution in [2.24, 2.45) is 10.8 Å². The summed E-state index contributed by atoms with van der Waals surface area (Å²) in [7, 11) is 1.25. The number of cyclic esters (lactones) is 1. The first-order chi connectivity index (χ1) is 24.2. The number of methoxy groups -OCH3 is 1. The molecule has 9 atom stereocenters. The predicted octanol–water partition coefficient (Wildman–Crippen LogP) is 4.99. The average molecular weight is 723 g/mol. The molecule has 4 rings (SSSR count). The Morgan fingerprint density at radius 2 is 1.76 bits per heavy atom. The highest BCUT2D eigenvalue weighted by molar-refractivity contribution is 5.83. The fourth-order valence-electron chi connectivity index (χ4n) is 8.27. The van der Waals surface area contributed by atoms with Crippen molar-refractivity contribution in [3.63, 3.8) is 0 Å². The van der Waals surface area contributed by atoms with Gasteiger partial charge in [-0.25, -0.2) is 4.79 Å². The number of ether oxygens (including phenoxy) is 6. The number of esters is 3. The van der Waals surface area contributed by atoms with Crippen molar-refractivity contribution in [3.05, 3.63) is 23.8 Å². The second-order valence-electron chi connectivity index (χ2n) is 16.0. The summed E-state index contributed by atoms with van der Waals surface area (Å²) < 4.78 is 35.3. The molecule has 0 aromatic heterocycles. The van der Waals surface area contributed by atoms with E-state index in [1.165, 1.54) is 13.2 Å². The van der Waals surface area contributed by atoms with E-state index in [0.29, 0.717) is 25.0 Å². The van der Waals surface area contributed by atoms with Crippen LogP contribution in [0, 0.1) is 10.8 Å². The highest BCUT2D eigenvalue weighted by Gasteiger charge is 2.59. The topological polar surface area (TPSA) is 167 Å². The zero-order valence-electron chi connectivity index (χ0n) is 31.3. The third-order valence-corrected chi connectivity index (χ3v) is 11.0. The van der Waals surface area contributed by atoms with Crippen LogP contribution in [0.2, 0.25) is 0 Å². The molecular weight excluding hydrogens is 660 g/mol. The lowest BCUT2D eigenvalue weighted by atomic mass is 9.55. The van der Waals surface area contributed by atoms with Crippen LogP contribution in [-0.4, -0.2) is 102 Å². The van der Waals surface area contributed by atoms with Crippen LogP contribution in [0.15, 0.2) is 23.8 Å². The summed E-state index contributed by atoms with van der Waals surface area (Å²) in [5.74, 6) is -1.80. The first kappa shape index (κ1) is 41.4. The van der Waals surface area contributed by atoms with Gasteiger partial charge in [0.1, 0.15) is 11.7 Å². The van der Waals surface area contributed by atoms with Crippen LogP contribution in [-0.2, 0) is 42.8 Å². The highest BCUT2D eigenvalue weighted by Crippen LogP contribution is 2.55. The molecule has 0 amide bonds. The van der Waals surface area contributed by atoms with E-state index in [4.69, 9.17) is 28.4 Å². The average Bonchev–Trinajstić information content (AvgIpc) is 3.51. The van der Waals surface area contributed by atoms with Crippen LogP contribution in [0.4, 0.5) is 0 Å². The van der Waals surface area contributed by atoms with Gasteiger partial charge in [0.15, 0.2) is 12.4 Å². The molecule has 3 N–H and O–H groups in total. The number of hydrogen-bond acceptors (Lipinski definition) is 12. The first-order valence-electron chi connectivity index (χ1n) is 19.0. The number of rotatable bonds is 9. The van der Waals surface area contributed by atoms with Gasteiger partial charge in [0.2, 0.25) is 0 Å². The molecule has 0 aromatic rings. The summed E-state index contributed by atoms with van der Waals surface area (Å²) in [4.78, 5) is 39.2. The van der Waals surface area contributed by atoms with Gasteiger partial charge in [-0.15, -0.1) is 0 Å². The van der Waals surface area contributed by atoms with Crippen molar-refractivity contribution in [3.8, 4) is 0 Å². The summed E-state index contributed by atoms with van der Waals surface area (Å²) in [6, 6.07) is 0. The zero-order chi connectivity index (χ0) is 37.2. The van der Waals surface area contributed by atoms with Crippen molar-refractivity contribution in [2.45, 2.75) is 173 Å². The molecule has 3 aliphatic heterocycles. The van der Waals surface area contributed by atoms with Crippen LogP contribution < -0.4 is 0 Å². The number of carbonyl (C=O) groups is 3. The largest absolute Gasteiger partial charge is 0.466 e. The molecule has 1 unspecified atom stereocenters. The monoisotopic (exact) mass is 722 g/mol. The van der Waals surface area contributed by atoms with E-state index in [2.05, 4.69) is 6.92 Å². The third kappa shape index (κ3) is 11.6. The van der Waals surface area contributed by atoms with E-state index in [1.54, 1.807) is 6.08 Å². The second-order valence-corrected chi connectivity index (χ2v) is 16.0. The molecule has 12 nitrogen and oxygen atoms in total. The fourth-order valence-corrected chi connectivity index (χ4v) is 8.27. The zero-order valence-corrected chi connectivity index (χ0v) is 31.3. The van der Waals surface area contributed by atoms with Crippen molar-refractivity contribution >= 4 is 17.9 Å². The first-order valence-corrected chi connectivity index (χ1v) is 19.0. The molecular formula is C39H62O12. The summed E-state index contributed by atoms with van der Waals surface area (Å²) in [6.07, 6.45) is 8.94. The quantitative estimate of drug-likeness (QED) is 0.0961. The minimum Gasteiger partial charge on any atom is -0.466 e. The molecule has 1 saturated carbocycles. The molecule has 51 heavy (non-hydrogen) atoms. The van der Waals surface area contributed by atoms with E-state index < -0.39 is 65.5 Å². The molecule has 3 fully saturated rings. The predicted molar refractivity (Wildman–Crippen MR) is 187 cm³/mol. The molecule has 0 radical (unpaired) electrons. The molecule has 3 heterocycles. The lowest BCUT2D eigenvalue weighted by Crippen LogP contribution is -2.61. The standard InChI is InChI=1S/C39H62O12/c1-6-7-8-9-10-14-32(42)51-36-26(17-33(43)46-5)21-38(4)22-31(23-40)49-34(44)19-27(41)18-28-12-11-13-29(48-28)20-30-24-47-35(50-30)15-16-37(2,3)39(36,45)25-38/h15-17,27-31,35-36,40-41,45H,6-14,18-25H2,1-5H3/b16-15+,26-17+/t27-,28+,29-,30?,31-,35+,36+,38+,39+/m1/s1. The lowest BCUT2D eigenvalue weighted by molar-refractivity contribution is -0.193. The Bertz CT molecular complexity index is 1230. The minimum absolute atomic E-state index is 0.0662. The van der Waals surface area contributed by atoms with Gasteiger partial charge in [-0.05, 0) is 62.0 Å². The Hall–Kier alpha value is -2.35. The summed E-state index contributed by atoms with van der Waals surface area (Å²) >= 11 is 0. The molecule has 12 heteroatoms. The van der Waals surface area contributed by atoms with E-state index >= 15 is 0 Å². The van der Waals surface area contributed by atoms with Gasteiger partial charge in [-0.2, -0.15) is 0 Å². The molecule has 6 bridgehead atoms. The Morgan fingerprint density at radius 3 is 2.47 bits per heavy atom. The normalized spacial score (nSPS) is 37.6. The minimum atomic E-state index is -1.78. The van der Waals surface area contributed by atoms with Gasteiger partial charge in [0.05, 0.1) is 51.2 Å². The number of unbranched alkanes of at least 4 members (excludes halogenated alkanes) is 4. The van der Waals surface area contributed by atoms with Crippen LogP contribution in [0.5, 0.6) is 0 Å². The second kappa shape index (κ2) is 18.6. The Balaban J connectivity index is 1.70. The van der Waals surface area contributed by atoms with Crippen LogP contribution >= 0.6 is 0 Å². The summed E-state index contributed by atoms with van der Waals surface area (Å²) in [5.41, 5.74) is -3.36. The number of aliphatic hydroxyl groups is 3. The molecule has 290 valence electrons. The van der Waals surface area contributed by atoms with Gasteiger partial charge in [0, 0.05) is 30.8 Å². The maximum atomic E-state index is 13.4. The smallest absolute Gasteiger partial charge is 0.330 e. The van der Waals surface area contributed by atoms with Gasteiger partial charge < -0.3 is 43.7 Å². The van der Waals surface area contributed by atoms with Crippen molar-refractivity contribution in [2.75, 3.05) is 20.3 Å². The van der Waals surface area contributed by atoms with Crippen LogP contribution in [0.1, 0.15) is 124 Å². The number of carbonyl (C=O) groups excluding carboxylic acids is 3.